The second-order valence-electron chi connectivity index (χ2n) is 7.28. The molecule has 0 fully saturated rings. The lowest BCUT2D eigenvalue weighted by Gasteiger charge is -2.22. The third-order valence-electron chi connectivity index (χ3n) is 4.57. The number of hydrogen-bond donors (Lipinski definition) is 2. The molecule has 0 radical (unpaired) electrons. The molecule has 6 heteroatoms. The van der Waals surface area contributed by atoms with Gasteiger partial charge in [-0.3, -0.25) is 4.68 Å². The highest BCUT2D eigenvalue weighted by Crippen LogP contribution is 2.19. The first-order valence-electron chi connectivity index (χ1n) is 9.56. The minimum absolute atomic E-state index is 0.403. The number of aromatic amines is 1. The Kier molecular flexibility index (Phi) is 5.84. The average molecular weight is 367 g/mol. The average Bonchev–Trinajstić information content (AvgIpc) is 3.21. The molecular formula is C21H30N6. The molecule has 0 spiro atoms. The SMILES string of the molecule is CCNC(=NCc1cc2ccccc2[nH]1)N(C)Cc1cn(C)nc1C(C)C. The lowest BCUT2D eigenvalue weighted by Crippen LogP contribution is -2.38. The third kappa shape index (κ3) is 4.51. The second-order valence-corrected chi connectivity index (χ2v) is 7.28. The number of guanidine groups is 1. The van der Waals surface area contributed by atoms with Gasteiger partial charge in [0.2, 0.25) is 0 Å². The van der Waals surface area contributed by atoms with E-state index in [9.17, 15) is 0 Å². The Labute approximate surface area is 161 Å². The molecule has 0 saturated carbocycles. The number of aliphatic imine (C=N–C) groups is 1. The van der Waals surface area contributed by atoms with Crippen molar-refractivity contribution in [2.24, 2.45) is 12.0 Å². The predicted octanol–water partition coefficient (Wildman–Crippen LogP) is 3.62. The first-order chi connectivity index (χ1) is 13.0. The van der Waals surface area contributed by atoms with E-state index in [-0.39, 0.29) is 0 Å². The van der Waals surface area contributed by atoms with Gasteiger partial charge in [-0.05, 0) is 30.4 Å². The van der Waals surface area contributed by atoms with Crippen LogP contribution in [0.25, 0.3) is 10.9 Å². The van der Waals surface area contributed by atoms with Gasteiger partial charge in [-0.2, -0.15) is 5.10 Å². The Morgan fingerprint density at radius 3 is 2.81 bits per heavy atom. The molecule has 27 heavy (non-hydrogen) atoms. The summed E-state index contributed by atoms with van der Waals surface area (Å²) in [6, 6.07) is 10.5. The molecule has 0 unspecified atom stereocenters. The number of H-pyrrole nitrogens is 1. The molecule has 3 aromatic rings. The quantitative estimate of drug-likeness (QED) is 0.517. The summed E-state index contributed by atoms with van der Waals surface area (Å²) in [4.78, 5) is 10.4. The van der Waals surface area contributed by atoms with Crippen LogP contribution in [0.1, 0.15) is 43.6 Å². The minimum atomic E-state index is 0.403. The zero-order valence-electron chi connectivity index (χ0n) is 17.0. The summed E-state index contributed by atoms with van der Waals surface area (Å²) in [7, 11) is 4.05. The zero-order chi connectivity index (χ0) is 19.4. The smallest absolute Gasteiger partial charge is 0.194 e. The highest BCUT2D eigenvalue weighted by atomic mass is 15.3. The number of para-hydroxylation sites is 1. The number of rotatable bonds is 6. The first kappa shape index (κ1) is 19.0. The summed E-state index contributed by atoms with van der Waals surface area (Å²) < 4.78 is 1.90. The van der Waals surface area contributed by atoms with Gasteiger partial charge in [0.1, 0.15) is 0 Å². The van der Waals surface area contributed by atoms with Crippen LogP contribution in [0.15, 0.2) is 41.5 Å². The fraction of sp³-hybridized carbons (Fsp3) is 0.429. The Morgan fingerprint density at radius 1 is 1.33 bits per heavy atom. The zero-order valence-corrected chi connectivity index (χ0v) is 17.0. The number of fused-ring (bicyclic) bond motifs is 1. The number of benzene rings is 1. The van der Waals surface area contributed by atoms with Crippen LogP contribution in [0.3, 0.4) is 0 Å². The van der Waals surface area contributed by atoms with E-state index < -0.39 is 0 Å². The van der Waals surface area contributed by atoms with Crippen molar-refractivity contribution in [2.75, 3.05) is 13.6 Å². The molecule has 144 valence electrons. The number of hydrogen-bond acceptors (Lipinski definition) is 2. The minimum Gasteiger partial charge on any atom is -0.357 e. The number of nitrogens with zero attached hydrogens (tertiary/aromatic N) is 4. The first-order valence-corrected chi connectivity index (χ1v) is 9.56. The van der Waals surface area contributed by atoms with Gasteiger partial charge >= 0.3 is 0 Å². The maximum absolute atomic E-state index is 4.83. The second kappa shape index (κ2) is 8.29. The van der Waals surface area contributed by atoms with Crippen molar-refractivity contribution in [3.05, 3.63) is 53.5 Å². The molecule has 6 nitrogen and oxygen atoms in total. The highest BCUT2D eigenvalue weighted by molar-refractivity contribution is 5.81. The molecule has 0 aliphatic carbocycles. The molecule has 3 rings (SSSR count). The van der Waals surface area contributed by atoms with Crippen LogP contribution in [0.5, 0.6) is 0 Å². The van der Waals surface area contributed by atoms with Crippen LogP contribution in [0.4, 0.5) is 0 Å². The summed E-state index contributed by atoms with van der Waals surface area (Å²) in [5, 5.41) is 9.23. The van der Waals surface area contributed by atoms with E-state index in [4.69, 9.17) is 4.99 Å². The van der Waals surface area contributed by atoms with Crippen molar-refractivity contribution in [3.63, 3.8) is 0 Å². The highest BCUT2D eigenvalue weighted by Gasteiger charge is 2.15. The molecule has 2 aromatic heterocycles. The van der Waals surface area contributed by atoms with E-state index in [0.717, 1.165) is 36.0 Å². The van der Waals surface area contributed by atoms with Gasteiger partial charge in [-0.25, -0.2) is 4.99 Å². The summed E-state index contributed by atoms with van der Waals surface area (Å²) in [5.41, 5.74) is 4.66. The standard InChI is InChI=1S/C21H30N6/c1-6-22-21(23-12-18-11-16-9-7-8-10-19(16)24-18)26(4)13-17-14-27(5)25-20(17)15(2)3/h7-11,14-15,24H,6,12-13H2,1-5H3,(H,22,23). The molecule has 0 bridgehead atoms. The van der Waals surface area contributed by atoms with Gasteiger partial charge < -0.3 is 15.2 Å². The fourth-order valence-electron chi connectivity index (χ4n) is 3.34. The molecule has 2 N–H and O–H groups in total. The lowest BCUT2D eigenvalue weighted by molar-refractivity contribution is 0.473. The predicted molar refractivity (Wildman–Crippen MR) is 112 cm³/mol. The largest absolute Gasteiger partial charge is 0.357 e. The Morgan fingerprint density at radius 2 is 2.11 bits per heavy atom. The molecule has 0 amide bonds. The normalized spacial score (nSPS) is 12.1. The lowest BCUT2D eigenvalue weighted by atomic mass is 10.1. The Balaban J connectivity index is 1.76. The van der Waals surface area contributed by atoms with E-state index in [2.05, 4.69) is 78.6 Å². The van der Waals surface area contributed by atoms with Gasteiger partial charge in [0.25, 0.3) is 0 Å². The van der Waals surface area contributed by atoms with Crippen LogP contribution >= 0.6 is 0 Å². The summed E-state index contributed by atoms with van der Waals surface area (Å²) in [6.45, 7) is 8.68. The molecule has 0 atom stereocenters. The van der Waals surface area contributed by atoms with Crippen LogP contribution in [-0.4, -0.2) is 39.2 Å². The maximum atomic E-state index is 4.83. The maximum Gasteiger partial charge on any atom is 0.194 e. The number of nitrogens with one attached hydrogen (secondary N) is 2. The molecule has 0 aliphatic heterocycles. The van der Waals surface area contributed by atoms with E-state index >= 15 is 0 Å². The summed E-state index contributed by atoms with van der Waals surface area (Å²) in [5.74, 6) is 1.30. The van der Waals surface area contributed by atoms with Crippen molar-refractivity contribution in [3.8, 4) is 0 Å². The summed E-state index contributed by atoms with van der Waals surface area (Å²) in [6.07, 6.45) is 2.10. The molecule has 0 aliphatic rings. The molecule has 1 aromatic carbocycles. The van der Waals surface area contributed by atoms with Crippen molar-refractivity contribution in [2.45, 2.75) is 39.8 Å². The number of aromatic nitrogens is 3. The molecule has 2 heterocycles. The van der Waals surface area contributed by atoms with Crippen molar-refractivity contribution in [1.29, 1.82) is 0 Å². The van der Waals surface area contributed by atoms with E-state index in [1.807, 2.05) is 17.8 Å². The van der Waals surface area contributed by atoms with Crippen molar-refractivity contribution < 1.29 is 0 Å². The van der Waals surface area contributed by atoms with Gasteiger partial charge in [-0.1, -0.05) is 32.0 Å². The van der Waals surface area contributed by atoms with Crippen LogP contribution in [0, 0.1) is 0 Å². The van der Waals surface area contributed by atoms with E-state index in [1.165, 1.54) is 10.9 Å². The van der Waals surface area contributed by atoms with Crippen molar-refractivity contribution in [1.82, 2.24) is 25.0 Å². The van der Waals surface area contributed by atoms with Crippen molar-refractivity contribution >= 4 is 16.9 Å². The van der Waals surface area contributed by atoms with E-state index in [0.29, 0.717) is 12.5 Å². The van der Waals surface area contributed by atoms with Gasteiger partial charge in [0.15, 0.2) is 5.96 Å². The van der Waals surface area contributed by atoms with Gasteiger partial charge in [0, 0.05) is 50.2 Å². The summed E-state index contributed by atoms with van der Waals surface area (Å²) >= 11 is 0. The van der Waals surface area contributed by atoms with Crippen LogP contribution < -0.4 is 5.32 Å². The van der Waals surface area contributed by atoms with Crippen LogP contribution in [-0.2, 0) is 20.1 Å². The van der Waals surface area contributed by atoms with E-state index in [1.54, 1.807) is 0 Å². The van der Waals surface area contributed by atoms with Crippen LogP contribution in [0.2, 0.25) is 0 Å². The molecule has 0 saturated heterocycles. The fourth-order valence-corrected chi connectivity index (χ4v) is 3.34. The van der Waals surface area contributed by atoms with Gasteiger partial charge in [0.05, 0.1) is 12.2 Å². The third-order valence-corrected chi connectivity index (χ3v) is 4.57. The monoisotopic (exact) mass is 366 g/mol. The molecular weight excluding hydrogens is 336 g/mol. The Hall–Kier alpha value is -2.76. The van der Waals surface area contributed by atoms with Gasteiger partial charge in [-0.15, -0.1) is 0 Å². The topological polar surface area (TPSA) is 61.2 Å². The Bertz CT molecular complexity index is 885. The number of aryl methyl sites for hydroxylation is 1.